The van der Waals surface area contributed by atoms with E-state index in [2.05, 4.69) is 13.8 Å². The summed E-state index contributed by atoms with van der Waals surface area (Å²) in [4.78, 5) is 0. The molecule has 1 nitrogen and oxygen atoms in total. The van der Waals surface area contributed by atoms with Crippen LogP contribution in [0.2, 0.25) is 0 Å². The standard InChI is InChI=1S/C8H17N/c1-3-6(4-2)7-5-8(7)9/h6-8H,3-5,9H2,1-2H3. The van der Waals surface area contributed by atoms with E-state index < -0.39 is 0 Å². The van der Waals surface area contributed by atoms with Crippen LogP contribution in [-0.4, -0.2) is 6.04 Å². The Morgan fingerprint density at radius 3 is 2.00 bits per heavy atom. The van der Waals surface area contributed by atoms with Crippen molar-refractivity contribution in [1.29, 1.82) is 0 Å². The first-order valence-electron chi connectivity index (χ1n) is 4.05. The summed E-state index contributed by atoms with van der Waals surface area (Å²) in [6.07, 6.45) is 3.91. The van der Waals surface area contributed by atoms with Crippen molar-refractivity contribution >= 4 is 0 Å². The summed E-state index contributed by atoms with van der Waals surface area (Å²) in [5, 5.41) is 0. The normalized spacial score (nSPS) is 33.3. The maximum absolute atomic E-state index is 5.72. The van der Waals surface area contributed by atoms with Gasteiger partial charge in [0.05, 0.1) is 0 Å². The minimum atomic E-state index is 0.551. The van der Waals surface area contributed by atoms with Crippen LogP contribution >= 0.6 is 0 Å². The first-order valence-corrected chi connectivity index (χ1v) is 4.05. The van der Waals surface area contributed by atoms with Crippen molar-refractivity contribution in [2.45, 2.75) is 39.2 Å². The molecule has 9 heavy (non-hydrogen) atoms. The van der Waals surface area contributed by atoms with E-state index in [-0.39, 0.29) is 0 Å². The smallest absolute Gasteiger partial charge is 0.00737 e. The molecule has 1 saturated carbocycles. The maximum atomic E-state index is 5.72. The van der Waals surface area contributed by atoms with Crippen LogP contribution in [-0.2, 0) is 0 Å². The predicted octanol–water partition coefficient (Wildman–Crippen LogP) is 1.77. The Labute approximate surface area is 57.6 Å². The van der Waals surface area contributed by atoms with E-state index in [1.807, 2.05) is 0 Å². The Balaban J connectivity index is 2.23. The van der Waals surface area contributed by atoms with Gasteiger partial charge in [0.2, 0.25) is 0 Å². The number of hydrogen-bond donors (Lipinski definition) is 1. The van der Waals surface area contributed by atoms with Gasteiger partial charge in [-0.1, -0.05) is 26.7 Å². The average Bonchev–Trinajstić information content (AvgIpc) is 2.51. The molecule has 1 heteroatoms. The second kappa shape index (κ2) is 2.70. The van der Waals surface area contributed by atoms with E-state index in [1.165, 1.54) is 19.3 Å². The topological polar surface area (TPSA) is 26.0 Å². The van der Waals surface area contributed by atoms with E-state index in [0.29, 0.717) is 6.04 Å². The van der Waals surface area contributed by atoms with E-state index in [1.54, 1.807) is 0 Å². The molecule has 0 aromatic rings. The summed E-state index contributed by atoms with van der Waals surface area (Å²) < 4.78 is 0. The summed E-state index contributed by atoms with van der Waals surface area (Å²) in [6, 6.07) is 0.551. The molecule has 1 fully saturated rings. The largest absolute Gasteiger partial charge is 0.327 e. The first-order chi connectivity index (χ1) is 4.29. The minimum Gasteiger partial charge on any atom is -0.327 e. The molecule has 2 atom stereocenters. The van der Waals surface area contributed by atoms with Gasteiger partial charge in [-0.15, -0.1) is 0 Å². The van der Waals surface area contributed by atoms with E-state index >= 15 is 0 Å². The van der Waals surface area contributed by atoms with E-state index in [4.69, 9.17) is 5.73 Å². The van der Waals surface area contributed by atoms with Gasteiger partial charge >= 0.3 is 0 Å². The van der Waals surface area contributed by atoms with Crippen LogP contribution in [0.15, 0.2) is 0 Å². The zero-order valence-electron chi connectivity index (χ0n) is 6.43. The highest BCUT2D eigenvalue weighted by Crippen LogP contribution is 2.38. The van der Waals surface area contributed by atoms with Gasteiger partial charge < -0.3 is 5.73 Å². The van der Waals surface area contributed by atoms with Crippen molar-refractivity contribution in [1.82, 2.24) is 0 Å². The SMILES string of the molecule is CCC(CC)C1CC1N. The van der Waals surface area contributed by atoms with Gasteiger partial charge in [-0.05, 0) is 18.3 Å². The Hall–Kier alpha value is -0.0400. The average molecular weight is 127 g/mol. The van der Waals surface area contributed by atoms with Crippen molar-refractivity contribution in [3.8, 4) is 0 Å². The van der Waals surface area contributed by atoms with Gasteiger partial charge in [-0.2, -0.15) is 0 Å². The van der Waals surface area contributed by atoms with Crippen LogP contribution < -0.4 is 5.73 Å². The lowest BCUT2D eigenvalue weighted by Gasteiger charge is -2.09. The fraction of sp³-hybridized carbons (Fsp3) is 1.00. The quantitative estimate of drug-likeness (QED) is 0.614. The van der Waals surface area contributed by atoms with Crippen molar-refractivity contribution in [3.05, 3.63) is 0 Å². The molecule has 0 spiro atoms. The fourth-order valence-electron chi connectivity index (χ4n) is 1.67. The van der Waals surface area contributed by atoms with Crippen LogP contribution in [0.4, 0.5) is 0 Å². The summed E-state index contributed by atoms with van der Waals surface area (Å²) in [5.41, 5.74) is 5.72. The zero-order chi connectivity index (χ0) is 6.85. The van der Waals surface area contributed by atoms with Crippen LogP contribution in [0.25, 0.3) is 0 Å². The molecular formula is C8H17N. The van der Waals surface area contributed by atoms with E-state index in [0.717, 1.165) is 11.8 Å². The third kappa shape index (κ3) is 1.45. The van der Waals surface area contributed by atoms with Crippen molar-refractivity contribution in [2.24, 2.45) is 17.6 Å². The maximum Gasteiger partial charge on any atom is 0.00737 e. The molecule has 0 saturated heterocycles. The Morgan fingerprint density at radius 2 is 1.89 bits per heavy atom. The van der Waals surface area contributed by atoms with Crippen LogP contribution in [0, 0.1) is 11.8 Å². The number of rotatable bonds is 3. The van der Waals surface area contributed by atoms with Crippen molar-refractivity contribution in [2.75, 3.05) is 0 Å². The summed E-state index contributed by atoms with van der Waals surface area (Å²) in [5.74, 6) is 1.79. The first kappa shape index (κ1) is 7.07. The molecule has 0 amide bonds. The lowest BCUT2D eigenvalue weighted by molar-refractivity contribution is 0.425. The van der Waals surface area contributed by atoms with Crippen molar-refractivity contribution in [3.63, 3.8) is 0 Å². The summed E-state index contributed by atoms with van der Waals surface area (Å²) >= 11 is 0. The van der Waals surface area contributed by atoms with Crippen LogP contribution in [0.3, 0.4) is 0 Å². The number of nitrogens with two attached hydrogens (primary N) is 1. The van der Waals surface area contributed by atoms with Gasteiger partial charge in [0, 0.05) is 6.04 Å². The van der Waals surface area contributed by atoms with Gasteiger partial charge in [-0.3, -0.25) is 0 Å². The summed E-state index contributed by atoms with van der Waals surface area (Å²) in [7, 11) is 0. The molecule has 0 radical (unpaired) electrons. The molecule has 0 bridgehead atoms. The monoisotopic (exact) mass is 127 g/mol. The molecule has 0 heterocycles. The fourth-order valence-corrected chi connectivity index (χ4v) is 1.67. The lowest BCUT2D eigenvalue weighted by Crippen LogP contribution is -2.09. The highest BCUT2D eigenvalue weighted by molar-refractivity contribution is 4.93. The van der Waals surface area contributed by atoms with Crippen LogP contribution in [0.5, 0.6) is 0 Å². The molecule has 1 aliphatic rings. The Bertz CT molecular complexity index is 86.6. The Kier molecular flexibility index (Phi) is 2.12. The second-order valence-electron chi connectivity index (χ2n) is 3.14. The molecule has 2 unspecified atom stereocenters. The van der Waals surface area contributed by atoms with E-state index in [9.17, 15) is 0 Å². The highest BCUT2D eigenvalue weighted by Gasteiger charge is 2.37. The highest BCUT2D eigenvalue weighted by atomic mass is 14.7. The molecule has 54 valence electrons. The predicted molar refractivity (Wildman–Crippen MR) is 40.2 cm³/mol. The summed E-state index contributed by atoms with van der Waals surface area (Å²) in [6.45, 7) is 4.53. The third-order valence-electron chi connectivity index (χ3n) is 2.55. The molecule has 1 rings (SSSR count). The molecule has 0 aromatic heterocycles. The third-order valence-corrected chi connectivity index (χ3v) is 2.55. The van der Waals surface area contributed by atoms with Gasteiger partial charge in [0.25, 0.3) is 0 Å². The molecule has 0 aromatic carbocycles. The lowest BCUT2D eigenvalue weighted by atomic mass is 9.98. The molecular weight excluding hydrogens is 110 g/mol. The second-order valence-corrected chi connectivity index (χ2v) is 3.14. The molecule has 1 aliphatic carbocycles. The van der Waals surface area contributed by atoms with Crippen LogP contribution in [0.1, 0.15) is 33.1 Å². The van der Waals surface area contributed by atoms with Gasteiger partial charge in [0.15, 0.2) is 0 Å². The molecule has 0 aliphatic heterocycles. The Morgan fingerprint density at radius 1 is 1.44 bits per heavy atom. The van der Waals surface area contributed by atoms with Gasteiger partial charge in [0.1, 0.15) is 0 Å². The molecule has 2 N–H and O–H groups in total. The van der Waals surface area contributed by atoms with Gasteiger partial charge in [-0.25, -0.2) is 0 Å². The number of hydrogen-bond acceptors (Lipinski definition) is 1. The van der Waals surface area contributed by atoms with Crippen molar-refractivity contribution < 1.29 is 0 Å². The zero-order valence-corrected chi connectivity index (χ0v) is 6.43. The minimum absolute atomic E-state index is 0.551.